The standard InChI is InChI=1S/C16H22F3NO2S/c1-15(2,3)23(21)20-13-8-4-7-12-11(13)6-5-9-14(12)22-10-16(17,18)19/h5-6,9,13,20H,4,7-8,10H2,1-3H3/t13-,23?/m0/s1. The van der Waals surface area contributed by atoms with Gasteiger partial charge in [-0.1, -0.05) is 12.1 Å². The Hall–Kier alpha value is -1.08. The van der Waals surface area contributed by atoms with E-state index in [9.17, 15) is 17.4 Å². The first-order valence-electron chi connectivity index (χ1n) is 7.57. The van der Waals surface area contributed by atoms with Gasteiger partial charge in [0.1, 0.15) is 5.75 Å². The van der Waals surface area contributed by atoms with Crippen molar-refractivity contribution in [3.8, 4) is 5.75 Å². The first-order chi connectivity index (χ1) is 10.6. The molecule has 1 aliphatic carbocycles. The topological polar surface area (TPSA) is 38.3 Å². The van der Waals surface area contributed by atoms with Gasteiger partial charge in [-0.15, -0.1) is 0 Å². The number of alkyl halides is 3. The predicted octanol–water partition coefficient (Wildman–Crippen LogP) is 4.06. The second-order valence-electron chi connectivity index (χ2n) is 6.67. The molecular formula is C16H22F3NO2S. The largest absolute Gasteiger partial charge is 0.484 e. The summed E-state index contributed by atoms with van der Waals surface area (Å²) in [6.07, 6.45) is -2.07. The Bertz CT molecular complexity index is 582. The number of hydrogen-bond acceptors (Lipinski definition) is 2. The van der Waals surface area contributed by atoms with Crippen LogP contribution in [-0.4, -0.2) is 21.7 Å². The van der Waals surface area contributed by atoms with Crippen LogP contribution in [0.1, 0.15) is 50.8 Å². The number of halogens is 3. The number of nitrogens with one attached hydrogen (secondary N) is 1. The number of benzene rings is 1. The van der Waals surface area contributed by atoms with Gasteiger partial charge in [0.05, 0.1) is 15.7 Å². The highest BCUT2D eigenvalue weighted by atomic mass is 32.2. The summed E-state index contributed by atoms with van der Waals surface area (Å²) in [7, 11) is -1.24. The van der Waals surface area contributed by atoms with Crippen LogP contribution in [0.5, 0.6) is 5.75 Å². The van der Waals surface area contributed by atoms with Gasteiger partial charge in [0.15, 0.2) is 6.61 Å². The molecule has 1 unspecified atom stereocenters. The van der Waals surface area contributed by atoms with E-state index in [4.69, 9.17) is 4.74 Å². The Labute approximate surface area is 137 Å². The van der Waals surface area contributed by atoms with E-state index in [1.807, 2.05) is 26.8 Å². The number of ether oxygens (including phenoxy) is 1. The van der Waals surface area contributed by atoms with Crippen molar-refractivity contribution in [3.05, 3.63) is 29.3 Å². The van der Waals surface area contributed by atoms with Crippen molar-refractivity contribution in [1.29, 1.82) is 0 Å². The number of rotatable bonds is 4. The fraction of sp³-hybridized carbons (Fsp3) is 0.625. The van der Waals surface area contributed by atoms with Crippen molar-refractivity contribution in [2.75, 3.05) is 6.61 Å². The van der Waals surface area contributed by atoms with E-state index in [0.29, 0.717) is 6.42 Å². The Morgan fingerprint density at radius 1 is 1.30 bits per heavy atom. The zero-order valence-corrected chi connectivity index (χ0v) is 14.3. The second kappa shape index (κ2) is 6.81. The lowest BCUT2D eigenvalue weighted by Crippen LogP contribution is -2.37. The van der Waals surface area contributed by atoms with Crippen LogP contribution in [0, 0.1) is 0 Å². The number of hydrogen-bond donors (Lipinski definition) is 1. The van der Waals surface area contributed by atoms with E-state index in [0.717, 1.165) is 24.0 Å². The average Bonchev–Trinajstić information content (AvgIpc) is 2.43. The highest BCUT2D eigenvalue weighted by Gasteiger charge is 2.31. The average molecular weight is 349 g/mol. The molecule has 0 fully saturated rings. The Morgan fingerprint density at radius 2 is 2.00 bits per heavy atom. The molecule has 2 atom stereocenters. The molecule has 0 saturated heterocycles. The molecule has 23 heavy (non-hydrogen) atoms. The molecule has 0 aromatic heterocycles. The maximum absolute atomic E-state index is 12.4. The molecule has 1 aromatic rings. The van der Waals surface area contributed by atoms with Gasteiger partial charge in [-0.25, -0.2) is 8.93 Å². The van der Waals surface area contributed by atoms with Crippen molar-refractivity contribution in [2.24, 2.45) is 0 Å². The number of fused-ring (bicyclic) bond motifs is 1. The molecule has 0 bridgehead atoms. The normalized spacial score (nSPS) is 20.0. The molecule has 0 radical (unpaired) electrons. The molecule has 1 N–H and O–H groups in total. The first kappa shape index (κ1) is 18.3. The van der Waals surface area contributed by atoms with Crippen molar-refractivity contribution < 1.29 is 22.1 Å². The summed E-state index contributed by atoms with van der Waals surface area (Å²) in [6.45, 7) is 4.34. The highest BCUT2D eigenvalue weighted by molar-refractivity contribution is 7.84. The maximum atomic E-state index is 12.4. The molecular weight excluding hydrogens is 327 g/mol. The van der Waals surface area contributed by atoms with Gasteiger partial charge in [-0.3, -0.25) is 0 Å². The molecule has 1 aliphatic rings. The van der Waals surface area contributed by atoms with Crippen LogP contribution in [0.2, 0.25) is 0 Å². The van der Waals surface area contributed by atoms with Gasteiger partial charge >= 0.3 is 6.18 Å². The molecule has 0 saturated carbocycles. The SMILES string of the molecule is CC(C)(C)S(=O)N[C@H]1CCCc2c(OCC(F)(F)F)cccc21. The maximum Gasteiger partial charge on any atom is 0.422 e. The molecule has 7 heteroatoms. The molecule has 130 valence electrons. The van der Waals surface area contributed by atoms with Crippen LogP contribution in [0.4, 0.5) is 13.2 Å². The van der Waals surface area contributed by atoms with Gasteiger partial charge in [0.25, 0.3) is 0 Å². The minimum atomic E-state index is -4.36. The van der Waals surface area contributed by atoms with E-state index in [1.165, 1.54) is 0 Å². The predicted molar refractivity (Wildman–Crippen MR) is 84.7 cm³/mol. The molecule has 3 nitrogen and oxygen atoms in total. The van der Waals surface area contributed by atoms with Crippen LogP contribution < -0.4 is 9.46 Å². The van der Waals surface area contributed by atoms with E-state index in [1.54, 1.807) is 12.1 Å². The molecule has 0 heterocycles. The summed E-state index contributed by atoms with van der Waals surface area (Å²) in [5.74, 6) is 0.271. The zero-order valence-electron chi connectivity index (χ0n) is 13.5. The minimum Gasteiger partial charge on any atom is -0.484 e. The zero-order chi connectivity index (χ0) is 17.3. The third-order valence-corrected chi connectivity index (χ3v) is 5.27. The smallest absolute Gasteiger partial charge is 0.422 e. The van der Waals surface area contributed by atoms with E-state index >= 15 is 0 Å². The van der Waals surface area contributed by atoms with Crippen molar-refractivity contribution >= 4 is 11.0 Å². The lowest BCUT2D eigenvalue weighted by atomic mass is 9.87. The van der Waals surface area contributed by atoms with Crippen LogP contribution >= 0.6 is 0 Å². The fourth-order valence-corrected chi connectivity index (χ4v) is 3.40. The molecule has 0 amide bonds. The summed E-state index contributed by atoms with van der Waals surface area (Å²) in [5, 5.41) is 0. The third-order valence-electron chi connectivity index (χ3n) is 3.66. The highest BCUT2D eigenvalue weighted by Crippen LogP contribution is 2.36. The second-order valence-corrected chi connectivity index (χ2v) is 8.67. The third kappa shape index (κ3) is 4.94. The van der Waals surface area contributed by atoms with Crippen LogP contribution in [0.3, 0.4) is 0 Å². The van der Waals surface area contributed by atoms with Gasteiger partial charge in [-0.05, 0) is 57.2 Å². The van der Waals surface area contributed by atoms with Gasteiger partial charge < -0.3 is 4.74 Å². The summed E-state index contributed by atoms with van der Waals surface area (Å²) in [5.41, 5.74) is 1.67. The van der Waals surface area contributed by atoms with Gasteiger partial charge in [0.2, 0.25) is 0 Å². The molecule has 2 rings (SSSR count). The Kier molecular flexibility index (Phi) is 5.41. The quantitative estimate of drug-likeness (QED) is 0.890. The van der Waals surface area contributed by atoms with Crippen LogP contribution in [-0.2, 0) is 17.4 Å². The van der Waals surface area contributed by atoms with Crippen molar-refractivity contribution in [1.82, 2.24) is 4.72 Å². The van der Waals surface area contributed by atoms with Gasteiger partial charge in [-0.2, -0.15) is 13.2 Å². The Morgan fingerprint density at radius 3 is 2.61 bits per heavy atom. The van der Waals surface area contributed by atoms with Crippen LogP contribution in [0.15, 0.2) is 18.2 Å². The monoisotopic (exact) mass is 349 g/mol. The summed E-state index contributed by atoms with van der Waals surface area (Å²) in [4.78, 5) is 0. The van der Waals surface area contributed by atoms with E-state index in [-0.39, 0.29) is 11.8 Å². The molecule has 0 spiro atoms. The summed E-state index contributed by atoms with van der Waals surface area (Å²) < 4.78 is 57.1. The summed E-state index contributed by atoms with van der Waals surface area (Å²) >= 11 is 0. The fourth-order valence-electron chi connectivity index (χ4n) is 2.54. The van der Waals surface area contributed by atoms with Crippen LogP contribution in [0.25, 0.3) is 0 Å². The first-order valence-corrected chi connectivity index (χ1v) is 8.72. The molecule has 0 aliphatic heterocycles. The summed E-state index contributed by atoms with van der Waals surface area (Å²) in [6, 6.07) is 4.98. The van der Waals surface area contributed by atoms with E-state index in [2.05, 4.69) is 4.72 Å². The Balaban J connectivity index is 2.21. The van der Waals surface area contributed by atoms with Crippen molar-refractivity contribution in [3.63, 3.8) is 0 Å². The lowest BCUT2D eigenvalue weighted by Gasteiger charge is -2.30. The lowest BCUT2D eigenvalue weighted by molar-refractivity contribution is -0.153. The minimum absolute atomic E-state index is 0.131. The molecule has 1 aromatic carbocycles. The van der Waals surface area contributed by atoms with Gasteiger partial charge in [0, 0.05) is 6.04 Å². The van der Waals surface area contributed by atoms with Crippen molar-refractivity contribution in [2.45, 2.75) is 57.0 Å². The van der Waals surface area contributed by atoms with E-state index < -0.39 is 28.5 Å².